The molecule has 0 amide bonds. The Hall–Kier alpha value is -0.540. The zero-order valence-electron chi connectivity index (χ0n) is 11.0. The summed E-state index contributed by atoms with van der Waals surface area (Å²) in [7, 11) is 2.12. The fourth-order valence-corrected chi connectivity index (χ4v) is 3.48. The first kappa shape index (κ1) is 13.9. The van der Waals surface area contributed by atoms with Crippen LogP contribution in [0.5, 0.6) is 0 Å². The molecule has 1 saturated carbocycles. The van der Waals surface area contributed by atoms with E-state index in [-0.39, 0.29) is 5.82 Å². The topological polar surface area (TPSA) is 3.24 Å². The lowest BCUT2D eigenvalue weighted by Gasteiger charge is -2.32. The molecule has 2 rings (SSSR count). The quantitative estimate of drug-likeness (QED) is 0.795. The Balaban J connectivity index is 1.93. The number of rotatable bonds is 5. The largest absolute Gasteiger partial charge is 0.302 e. The van der Waals surface area contributed by atoms with Gasteiger partial charge in [0.15, 0.2) is 0 Å². The molecule has 1 fully saturated rings. The van der Waals surface area contributed by atoms with E-state index in [1.165, 1.54) is 31.7 Å². The highest BCUT2D eigenvalue weighted by Crippen LogP contribution is 2.39. The van der Waals surface area contributed by atoms with E-state index < -0.39 is 0 Å². The lowest BCUT2D eigenvalue weighted by molar-refractivity contribution is 0.196. The third-order valence-electron chi connectivity index (χ3n) is 3.95. The van der Waals surface area contributed by atoms with Crippen molar-refractivity contribution < 1.29 is 4.39 Å². The Labute approximate surface area is 115 Å². The van der Waals surface area contributed by atoms with Gasteiger partial charge in [0.05, 0.1) is 0 Å². The third-order valence-corrected chi connectivity index (χ3v) is 4.62. The van der Waals surface area contributed by atoms with Crippen LogP contribution in [0.25, 0.3) is 0 Å². The lowest BCUT2D eigenvalue weighted by atomic mass is 9.88. The maximum Gasteiger partial charge on any atom is 0.123 e. The van der Waals surface area contributed by atoms with Crippen LogP contribution in [0, 0.1) is 11.2 Å². The first-order valence-corrected chi connectivity index (χ1v) is 7.31. The van der Waals surface area contributed by atoms with Gasteiger partial charge in [-0.2, -0.15) is 12.6 Å². The molecule has 100 valence electrons. The van der Waals surface area contributed by atoms with Crippen LogP contribution in [-0.4, -0.2) is 24.2 Å². The second kappa shape index (κ2) is 6.07. The SMILES string of the molecule is CN(Cc1cccc(F)c1)CC1(CS)CCCC1. The van der Waals surface area contributed by atoms with Crippen molar-refractivity contribution in [2.24, 2.45) is 5.41 Å². The van der Waals surface area contributed by atoms with Crippen LogP contribution in [0.4, 0.5) is 4.39 Å². The van der Waals surface area contributed by atoms with Crippen LogP contribution in [-0.2, 0) is 6.54 Å². The fraction of sp³-hybridized carbons (Fsp3) is 0.600. The molecule has 1 nitrogen and oxygen atoms in total. The number of hydrogen-bond donors (Lipinski definition) is 1. The van der Waals surface area contributed by atoms with Gasteiger partial charge in [-0.15, -0.1) is 0 Å². The number of benzene rings is 1. The smallest absolute Gasteiger partial charge is 0.123 e. The standard InChI is InChI=1S/C15H22FNS/c1-17(10-13-5-4-6-14(16)9-13)11-15(12-18)7-2-3-8-15/h4-6,9,18H,2-3,7-8,10-12H2,1H3. The van der Waals surface area contributed by atoms with Crippen LogP contribution in [0.15, 0.2) is 24.3 Å². The van der Waals surface area contributed by atoms with E-state index in [0.717, 1.165) is 24.4 Å². The first-order valence-electron chi connectivity index (χ1n) is 6.67. The summed E-state index contributed by atoms with van der Waals surface area (Å²) in [5, 5.41) is 0. The van der Waals surface area contributed by atoms with Crippen LogP contribution in [0.1, 0.15) is 31.2 Å². The van der Waals surface area contributed by atoms with Crippen molar-refractivity contribution in [1.82, 2.24) is 4.90 Å². The Morgan fingerprint density at radius 1 is 1.33 bits per heavy atom. The van der Waals surface area contributed by atoms with Crippen molar-refractivity contribution in [3.05, 3.63) is 35.6 Å². The summed E-state index contributed by atoms with van der Waals surface area (Å²) in [6.45, 7) is 1.88. The van der Waals surface area contributed by atoms with Gasteiger partial charge in [-0.05, 0) is 48.8 Å². The van der Waals surface area contributed by atoms with Gasteiger partial charge >= 0.3 is 0 Å². The summed E-state index contributed by atoms with van der Waals surface area (Å²) >= 11 is 4.53. The van der Waals surface area contributed by atoms with E-state index in [1.54, 1.807) is 12.1 Å². The van der Waals surface area contributed by atoms with E-state index in [2.05, 4.69) is 24.6 Å². The molecule has 0 bridgehead atoms. The molecule has 3 heteroatoms. The molecule has 0 saturated heterocycles. The summed E-state index contributed by atoms with van der Waals surface area (Å²) in [5.74, 6) is 0.811. The minimum absolute atomic E-state index is 0.148. The van der Waals surface area contributed by atoms with E-state index in [9.17, 15) is 4.39 Å². The summed E-state index contributed by atoms with van der Waals surface area (Å²) in [6, 6.07) is 6.89. The summed E-state index contributed by atoms with van der Waals surface area (Å²) < 4.78 is 13.1. The van der Waals surface area contributed by atoms with E-state index >= 15 is 0 Å². The van der Waals surface area contributed by atoms with Gasteiger partial charge in [-0.1, -0.05) is 25.0 Å². The molecule has 0 aromatic heterocycles. The first-order chi connectivity index (χ1) is 8.63. The Kier molecular flexibility index (Phi) is 4.68. The second-order valence-corrected chi connectivity index (χ2v) is 5.98. The minimum atomic E-state index is -0.148. The average molecular weight is 267 g/mol. The molecule has 0 spiro atoms. The number of hydrogen-bond acceptors (Lipinski definition) is 2. The van der Waals surface area contributed by atoms with Gasteiger partial charge in [0.2, 0.25) is 0 Å². The van der Waals surface area contributed by atoms with Crippen LogP contribution in [0.3, 0.4) is 0 Å². The zero-order chi connectivity index (χ0) is 13.0. The Morgan fingerprint density at radius 3 is 2.67 bits per heavy atom. The fourth-order valence-electron chi connectivity index (χ4n) is 3.07. The molecule has 0 N–H and O–H groups in total. The maximum absolute atomic E-state index is 13.1. The van der Waals surface area contributed by atoms with E-state index in [0.29, 0.717) is 5.41 Å². The van der Waals surface area contributed by atoms with Gasteiger partial charge < -0.3 is 4.90 Å². The molecule has 1 aromatic carbocycles. The average Bonchev–Trinajstić information content (AvgIpc) is 2.78. The molecule has 1 aromatic rings. The van der Waals surface area contributed by atoms with Crippen LogP contribution in [0.2, 0.25) is 0 Å². The monoisotopic (exact) mass is 267 g/mol. The number of thiol groups is 1. The van der Waals surface area contributed by atoms with Crippen molar-refractivity contribution in [2.45, 2.75) is 32.2 Å². The second-order valence-electron chi connectivity index (χ2n) is 5.67. The van der Waals surface area contributed by atoms with Gasteiger partial charge in [0.1, 0.15) is 5.82 Å². The van der Waals surface area contributed by atoms with Crippen molar-refractivity contribution in [3.63, 3.8) is 0 Å². The molecule has 1 aliphatic rings. The molecule has 0 unspecified atom stereocenters. The molecule has 0 aliphatic heterocycles. The number of halogens is 1. The van der Waals surface area contributed by atoms with Gasteiger partial charge in [-0.3, -0.25) is 0 Å². The highest BCUT2D eigenvalue weighted by Gasteiger charge is 2.33. The molecule has 0 heterocycles. The molecule has 0 radical (unpaired) electrons. The van der Waals surface area contributed by atoms with Crippen molar-refractivity contribution in [3.8, 4) is 0 Å². The zero-order valence-corrected chi connectivity index (χ0v) is 11.9. The van der Waals surface area contributed by atoms with Crippen molar-refractivity contribution >= 4 is 12.6 Å². The molecule has 0 atom stereocenters. The van der Waals surface area contributed by atoms with Gasteiger partial charge in [0.25, 0.3) is 0 Å². The summed E-state index contributed by atoms with van der Waals surface area (Å²) in [6.07, 6.45) is 5.22. The molecule has 1 aliphatic carbocycles. The minimum Gasteiger partial charge on any atom is -0.302 e. The molecule has 18 heavy (non-hydrogen) atoms. The molecular formula is C15H22FNS. The van der Waals surface area contributed by atoms with Gasteiger partial charge in [-0.25, -0.2) is 4.39 Å². The Bertz CT molecular complexity index is 388. The van der Waals surface area contributed by atoms with E-state index in [4.69, 9.17) is 0 Å². The van der Waals surface area contributed by atoms with Crippen LogP contribution < -0.4 is 0 Å². The van der Waals surface area contributed by atoms with Crippen LogP contribution >= 0.6 is 12.6 Å². The maximum atomic E-state index is 13.1. The normalized spacial score (nSPS) is 18.4. The summed E-state index contributed by atoms with van der Waals surface area (Å²) in [5.41, 5.74) is 1.43. The predicted molar refractivity (Wildman–Crippen MR) is 77.5 cm³/mol. The van der Waals surface area contributed by atoms with Crippen molar-refractivity contribution in [1.29, 1.82) is 0 Å². The van der Waals surface area contributed by atoms with E-state index in [1.807, 2.05) is 6.07 Å². The lowest BCUT2D eigenvalue weighted by Crippen LogP contribution is -2.34. The molecular weight excluding hydrogens is 245 g/mol. The Morgan fingerprint density at radius 2 is 2.06 bits per heavy atom. The predicted octanol–water partition coefficient (Wildman–Crippen LogP) is 3.75. The highest BCUT2D eigenvalue weighted by molar-refractivity contribution is 7.80. The number of nitrogens with zero attached hydrogens (tertiary/aromatic N) is 1. The van der Waals surface area contributed by atoms with Gasteiger partial charge in [0, 0.05) is 13.1 Å². The highest BCUT2D eigenvalue weighted by atomic mass is 32.1. The van der Waals surface area contributed by atoms with Crippen molar-refractivity contribution in [2.75, 3.05) is 19.3 Å². The third kappa shape index (κ3) is 3.48. The summed E-state index contributed by atoms with van der Waals surface area (Å²) in [4.78, 5) is 2.30.